The van der Waals surface area contributed by atoms with Gasteiger partial charge in [0, 0.05) is 34.1 Å². The Morgan fingerprint density at radius 3 is 2.50 bits per heavy atom. The van der Waals surface area contributed by atoms with Crippen molar-refractivity contribution in [3.05, 3.63) is 23.2 Å². The number of likely N-dealkylation sites (N-methyl/N-ethyl adjacent to an activating group) is 1. The lowest BCUT2D eigenvalue weighted by Gasteiger charge is -2.13. The molecule has 0 saturated heterocycles. The summed E-state index contributed by atoms with van der Waals surface area (Å²) in [6, 6.07) is 3.90. The molecule has 0 unspecified atom stereocenters. The van der Waals surface area contributed by atoms with Crippen LogP contribution < -0.4 is 14.8 Å². The van der Waals surface area contributed by atoms with E-state index in [9.17, 15) is 18.0 Å². The molecule has 0 fully saturated rings. The number of nitrogens with zero attached hydrogens (tertiary/aromatic N) is 1. The number of rotatable bonds is 8. The Balaban J connectivity index is 2.75. The van der Waals surface area contributed by atoms with Gasteiger partial charge < -0.3 is 15.0 Å². The monoisotopic (exact) mass is 377 g/mol. The Bertz CT molecular complexity index is 706. The van der Waals surface area contributed by atoms with Gasteiger partial charge in [-0.05, 0) is 18.2 Å². The molecule has 1 rings (SSSR count). The number of carbonyl (C=O) groups excluding carboxylic acids is 2. The summed E-state index contributed by atoms with van der Waals surface area (Å²) in [7, 11) is 0.857. The molecule has 24 heavy (non-hydrogen) atoms. The van der Waals surface area contributed by atoms with E-state index < -0.39 is 10.0 Å². The molecular weight excluding hydrogens is 358 g/mol. The fourth-order valence-electron chi connectivity index (χ4n) is 1.54. The van der Waals surface area contributed by atoms with Crippen molar-refractivity contribution in [3.63, 3.8) is 0 Å². The average Bonchev–Trinajstić information content (AvgIpc) is 2.52. The Morgan fingerprint density at radius 2 is 1.96 bits per heavy atom. The van der Waals surface area contributed by atoms with Crippen LogP contribution in [0, 0.1) is 0 Å². The quantitative estimate of drug-likeness (QED) is 0.674. The molecule has 0 bridgehead atoms. The van der Waals surface area contributed by atoms with Crippen molar-refractivity contribution in [3.8, 4) is 5.75 Å². The van der Waals surface area contributed by atoms with Crippen molar-refractivity contribution >= 4 is 33.4 Å². The first kappa shape index (κ1) is 20.2. The zero-order chi connectivity index (χ0) is 18.3. The molecule has 1 aromatic carbocycles. The third kappa shape index (κ3) is 5.99. The minimum atomic E-state index is -3.79. The molecular formula is C14H20ClN3O5S. The van der Waals surface area contributed by atoms with E-state index in [2.05, 4.69) is 10.0 Å². The molecule has 134 valence electrons. The summed E-state index contributed by atoms with van der Waals surface area (Å²) in [5.41, 5.74) is 0. The van der Waals surface area contributed by atoms with Gasteiger partial charge in [-0.15, -0.1) is 0 Å². The maximum Gasteiger partial charge on any atom is 0.259 e. The number of carbonyl (C=O) groups is 2. The third-order valence-electron chi connectivity index (χ3n) is 2.99. The molecule has 2 N–H and O–H groups in total. The summed E-state index contributed by atoms with van der Waals surface area (Å²) in [4.78, 5) is 23.9. The topological polar surface area (TPSA) is 105 Å². The molecule has 2 amide bonds. The number of halogens is 1. The number of sulfonamides is 1. The second kappa shape index (κ2) is 8.86. The number of benzene rings is 1. The highest BCUT2D eigenvalue weighted by Crippen LogP contribution is 2.27. The number of ether oxygens (including phenoxy) is 1. The van der Waals surface area contributed by atoms with Crippen molar-refractivity contribution < 1.29 is 22.7 Å². The van der Waals surface area contributed by atoms with Gasteiger partial charge in [-0.1, -0.05) is 11.6 Å². The maximum absolute atomic E-state index is 12.1. The van der Waals surface area contributed by atoms with Crippen LogP contribution in [0.1, 0.15) is 6.42 Å². The van der Waals surface area contributed by atoms with Gasteiger partial charge in [-0.3, -0.25) is 9.59 Å². The van der Waals surface area contributed by atoms with Gasteiger partial charge in [0.05, 0.1) is 9.92 Å². The second-order valence-corrected chi connectivity index (χ2v) is 7.16. The molecule has 8 nitrogen and oxygen atoms in total. The number of amides is 2. The van der Waals surface area contributed by atoms with Gasteiger partial charge in [-0.25, -0.2) is 13.1 Å². The van der Waals surface area contributed by atoms with Crippen molar-refractivity contribution in [2.75, 3.05) is 34.3 Å². The largest absolute Gasteiger partial charge is 0.482 e. The highest BCUT2D eigenvalue weighted by molar-refractivity contribution is 7.89. The molecule has 0 saturated carbocycles. The maximum atomic E-state index is 12.1. The summed E-state index contributed by atoms with van der Waals surface area (Å²) >= 11 is 6.00. The summed E-state index contributed by atoms with van der Waals surface area (Å²) in [5.74, 6) is -0.320. The molecule has 10 heteroatoms. The van der Waals surface area contributed by atoms with E-state index in [4.69, 9.17) is 16.3 Å². The van der Waals surface area contributed by atoms with E-state index in [0.717, 1.165) is 0 Å². The van der Waals surface area contributed by atoms with Crippen LogP contribution in [0.25, 0.3) is 0 Å². The second-order valence-electron chi connectivity index (χ2n) is 4.99. The van der Waals surface area contributed by atoms with Gasteiger partial charge in [0.15, 0.2) is 6.61 Å². The van der Waals surface area contributed by atoms with E-state index in [1.165, 1.54) is 30.1 Å². The van der Waals surface area contributed by atoms with Gasteiger partial charge in [0.1, 0.15) is 5.75 Å². The van der Waals surface area contributed by atoms with Gasteiger partial charge >= 0.3 is 0 Å². The van der Waals surface area contributed by atoms with Gasteiger partial charge in [0.25, 0.3) is 5.91 Å². The Hall–Kier alpha value is -1.84. The zero-order valence-electron chi connectivity index (χ0n) is 13.6. The minimum Gasteiger partial charge on any atom is -0.482 e. The Kier molecular flexibility index (Phi) is 7.46. The van der Waals surface area contributed by atoms with Gasteiger partial charge in [0.2, 0.25) is 15.9 Å². The number of nitrogens with one attached hydrogen (secondary N) is 2. The number of hydrogen-bond donors (Lipinski definition) is 2. The van der Waals surface area contributed by atoms with Crippen LogP contribution in [-0.4, -0.2) is 59.4 Å². The molecule has 0 atom stereocenters. The van der Waals surface area contributed by atoms with Crippen LogP contribution in [-0.2, 0) is 19.6 Å². The molecule has 0 aromatic heterocycles. The Labute approximate surface area is 146 Å². The van der Waals surface area contributed by atoms with Crippen molar-refractivity contribution in [1.82, 2.24) is 14.9 Å². The van der Waals surface area contributed by atoms with E-state index in [1.54, 1.807) is 14.1 Å². The highest BCUT2D eigenvalue weighted by Gasteiger charge is 2.17. The van der Waals surface area contributed by atoms with Crippen LogP contribution in [0.5, 0.6) is 5.75 Å². The SMILES string of the molecule is CNC(=O)CCNS(=O)(=O)c1ccc(OCC(=O)N(C)C)c(Cl)c1. The van der Waals surface area contributed by atoms with E-state index in [-0.39, 0.29) is 47.1 Å². The molecule has 0 aliphatic rings. The Morgan fingerprint density at radius 1 is 1.29 bits per heavy atom. The summed E-state index contributed by atoms with van der Waals surface area (Å²) < 4.78 is 31.8. The van der Waals surface area contributed by atoms with Gasteiger partial charge in [-0.2, -0.15) is 0 Å². The standard InChI is InChI=1S/C14H20ClN3O5S/c1-16-13(19)6-7-17-24(21,22)10-4-5-12(11(15)8-10)23-9-14(20)18(2)3/h4-5,8,17H,6-7,9H2,1-3H3,(H,16,19). The molecule has 0 aliphatic heterocycles. The van der Waals surface area contributed by atoms with E-state index in [0.29, 0.717) is 0 Å². The lowest BCUT2D eigenvalue weighted by molar-refractivity contribution is -0.130. The molecule has 0 aliphatic carbocycles. The van der Waals surface area contributed by atoms with E-state index in [1.807, 2.05) is 0 Å². The first-order chi connectivity index (χ1) is 11.2. The first-order valence-electron chi connectivity index (χ1n) is 7.00. The highest BCUT2D eigenvalue weighted by atomic mass is 35.5. The van der Waals surface area contributed by atoms with Crippen LogP contribution in [0.3, 0.4) is 0 Å². The van der Waals surface area contributed by atoms with Crippen molar-refractivity contribution in [2.45, 2.75) is 11.3 Å². The fraction of sp³-hybridized carbons (Fsp3) is 0.429. The summed E-state index contributed by atoms with van der Waals surface area (Å²) in [6.45, 7) is -0.238. The predicted octanol–water partition coefficient (Wildman–Crippen LogP) is 0.221. The zero-order valence-corrected chi connectivity index (χ0v) is 15.2. The van der Waals surface area contributed by atoms with Crippen molar-refractivity contribution in [2.24, 2.45) is 0 Å². The predicted molar refractivity (Wildman–Crippen MR) is 89.5 cm³/mol. The number of hydrogen-bond acceptors (Lipinski definition) is 5. The van der Waals surface area contributed by atoms with Crippen molar-refractivity contribution in [1.29, 1.82) is 0 Å². The van der Waals surface area contributed by atoms with Crippen LogP contribution in [0.15, 0.2) is 23.1 Å². The fourth-order valence-corrected chi connectivity index (χ4v) is 2.90. The summed E-state index contributed by atoms with van der Waals surface area (Å²) in [5, 5.41) is 2.46. The van der Waals surface area contributed by atoms with Crippen LogP contribution in [0.2, 0.25) is 5.02 Å². The smallest absolute Gasteiger partial charge is 0.259 e. The molecule has 0 radical (unpaired) electrons. The third-order valence-corrected chi connectivity index (χ3v) is 4.74. The lowest BCUT2D eigenvalue weighted by Crippen LogP contribution is -2.29. The lowest BCUT2D eigenvalue weighted by atomic mass is 10.3. The van der Waals surface area contributed by atoms with Crippen LogP contribution >= 0.6 is 11.6 Å². The molecule has 0 heterocycles. The summed E-state index contributed by atoms with van der Waals surface area (Å²) in [6.07, 6.45) is 0.0251. The normalized spacial score (nSPS) is 11.0. The minimum absolute atomic E-state index is 0.0251. The average molecular weight is 378 g/mol. The van der Waals surface area contributed by atoms with E-state index >= 15 is 0 Å². The van der Waals surface area contributed by atoms with Crippen LogP contribution in [0.4, 0.5) is 0 Å². The molecule has 1 aromatic rings. The first-order valence-corrected chi connectivity index (χ1v) is 8.86. The molecule has 0 spiro atoms.